The van der Waals surface area contributed by atoms with Crippen molar-refractivity contribution in [1.82, 2.24) is 10.6 Å². The first-order chi connectivity index (χ1) is 13.6. The largest absolute Gasteiger partial charge is 0.462 e. The van der Waals surface area contributed by atoms with Gasteiger partial charge in [-0.15, -0.1) is 0 Å². The number of rotatable bonds is 15. The van der Waals surface area contributed by atoms with Gasteiger partial charge in [-0.1, -0.05) is 26.8 Å². The van der Waals surface area contributed by atoms with Crippen LogP contribution in [-0.2, 0) is 19.1 Å². The highest BCUT2D eigenvalue weighted by Crippen LogP contribution is 2.26. The molecule has 1 atom stereocenters. The average molecular weight is 413 g/mol. The first-order valence-corrected chi connectivity index (χ1v) is 10.6. The van der Waals surface area contributed by atoms with Crippen LogP contribution in [0.25, 0.3) is 0 Å². The predicted molar refractivity (Wildman–Crippen MR) is 114 cm³/mol. The second-order valence-electron chi connectivity index (χ2n) is 8.43. The minimum atomic E-state index is -0.339. The van der Waals surface area contributed by atoms with E-state index in [9.17, 15) is 14.4 Å². The zero-order chi connectivity index (χ0) is 22.3. The second kappa shape index (κ2) is 15.0. The molecule has 0 aliphatic heterocycles. The van der Waals surface area contributed by atoms with Crippen molar-refractivity contribution in [3.05, 3.63) is 11.6 Å². The molecule has 0 aliphatic rings. The quantitative estimate of drug-likeness (QED) is 0.218. The number of hydrogen-bond acceptors (Lipinski definition) is 5. The van der Waals surface area contributed by atoms with E-state index in [1.54, 1.807) is 19.9 Å². The van der Waals surface area contributed by atoms with Crippen LogP contribution >= 0.6 is 0 Å². The van der Waals surface area contributed by atoms with Crippen molar-refractivity contribution in [3.8, 4) is 0 Å². The van der Waals surface area contributed by atoms with Crippen molar-refractivity contribution in [2.75, 3.05) is 26.3 Å². The third-order valence-corrected chi connectivity index (χ3v) is 4.72. The lowest BCUT2D eigenvalue weighted by Crippen LogP contribution is -2.35. The van der Waals surface area contributed by atoms with Gasteiger partial charge in [-0.05, 0) is 50.9 Å². The summed E-state index contributed by atoms with van der Waals surface area (Å²) in [6, 6.07) is 0. The fourth-order valence-corrected chi connectivity index (χ4v) is 2.96. The van der Waals surface area contributed by atoms with Gasteiger partial charge in [0.2, 0.25) is 11.8 Å². The smallest absolute Gasteiger partial charge is 0.333 e. The van der Waals surface area contributed by atoms with E-state index in [1.165, 1.54) is 0 Å². The highest BCUT2D eigenvalue weighted by molar-refractivity contribution is 5.87. The van der Waals surface area contributed by atoms with Crippen molar-refractivity contribution < 1.29 is 24.2 Å². The lowest BCUT2D eigenvalue weighted by molar-refractivity contribution is -0.139. The molecule has 168 valence electrons. The summed E-state index contributed by atoms with van der Waals surface area (Å²) >= 11 is 0. The molecule has 0 aromatic carbocycles. The van der Waals surface area contributed by atoms with Crippen LogP contribution in [0.5, 0.6) is 0 Å². The van der Waals surface area contributed by atoms with Crippen LogP contribution in [0.2, 0.25) is 0 Å². The zero-order valence-electron chi connectivity index (χ0n) is 18.8. The number of hydrogen-bond donors (Lipinski definition) is 3. The van der Waals surface area contributed by atoms with Crippen LogP contribution in [0, 0.1) is 11.3 Å². The molecule has 0 radical (unpaired) electrons. The van der Waals surface area contributed by atoms with E-state index in [0.29, 0.717) is 50.3 Å². The van der Waals surface area contributed by atoms with Crippen LogP contribution in [0.15, 0.2) is 11.6 Å². The lowest BCUT2D eigenvalue weighted by atomic mass is 9.82. The Balaban J connectivity index is 3.92. The summed E-state index contributed by atoms with van der Waals surface area (Å²) in [5.41, 5.74) is 0.531. The van der Waals surface area contributed by atoms with Crippen molar-refractivity contribution in [1.29, 1.82) is 0 Å². The Morgan fingerprint density at radius 1 is 1.10 bits per heavy atom. The van der Waals surface area contributed by atoms with Gasteiger partial charge in [0.05, 0.1) is 6.61 Å². The van der Waals surface area contributed by atoms with Gasteiger partial charge < -0.3 is 20.5 Å². The predicted octanol–water partition coefficient (Wildman–Crippen LogP) is 2.72. The number of aliphatic hydroxyl groups excluding tert-OH is 1. The standard InChI is InChI=1S/C22H40N2O5/c1-6-18(3)21(28)29-14-8-10-19(26)23-12-11-17(2)15-22(4,5)16-24-20(27)9-7-13-25/h6,17,25H,7-16H2,1-5H3,(H,23,26)(H,24,27). The zero-order valence-corrected chi connectivity index (χ0v) is 18.8. The molecule has 0 aliphatic carbocycles. The number of carbonyl (C=O) groups is 3. The lowest BCUT2D eigenvalue weighted by Gasteiger charge is -2.28. The van der Waals surface area contributed by atoms with Gasteiger partial charge in [0.15, 0.2) is 0 Å². The van der Waals surface area contributed by atoms with Crippen LogP contribution in [0.1, 0.15) is 73.1 Å². The van der Waals surface area contributed by atoms with Crippen LogP contribution in [0.4, 0.5) is 0 Å². The third kappa shape index (κ3) is 14.7. The van der Waals surface area contributed by atoms with Gasteiger partial charge in [-0.3, -0.25) is 9.59 Å². The summed E-state index contributed by atoms with van der Waals surface area (Å²) in [5.74, 6) is 0.00310. The monoisotopic (exact) mass is 412 g/mol. The normalized spacial score (nSPS) is 13.0. The third-order valence-electron chi connectivity index (χ3n) is 4.72. The molecule has 0 heterocycles. The Morgan fingerprint density at radius 3 is 2.34 bits per heavy atom. The van der Waals surface area contributed by atoms with E-state index in [1.807, 2.05) is 0 Å². The number of nitrogens with one attached hydrogen (secondary N) is 2. The molecule has 0 rings (SSSR count). The topological polar surface area (TPSA) is 105 Å². The highest BCUT2D eigenvalue weighted by Gasteiger charge is 2.22. The van der Waals surface area contributed by atoms with E-state index >= 15 is 0 Å². The Hall–Kier alpha value is -1.89. The van der Waals surface area contributed by atoms with Gasteiger partial charge in [-0.25, -0.2) is 4.79 Å². The number of aliphatic hydroxyl groups is 1. The highest BCUT2D eigenvalue weighted by atomic mass is 16.5. The van der Waals surface area contributed by atoms with Gasteiger partial charge in [-0.2, -0.15) is 0 Å². The summed E-state index contributed by atoms with van der Waals surface area (Å²) in [6.07, 6.45) is 5.17. The maximum absolute atomic E-state index is 11.9. The van der Waals surface area contributed by atoms with Crippen molar-refractivity contribution in [2.24, 2.45) is 11.3 Å². The van der Waals surface area contributed by atoms with E-state index < -0.39 is 0 Å². The fraction of sp³-hybridized carbons (Fsp3) is 0.773. The summed E-state index contributed by atoms with van der Waals surface area (Å²) in [6.45, 7) is 11.3. The van der Waals surface area contributed by atoms with E-state index in [-0.39, 0.29) is 36.4 Å². The first-order valence-electron chi connectivity index (χ1n) is 10.6. The second-order valence-corrected chi connectivity index (χ2v) is 8.43. The Bertz CT molecular complexity index is 543. The summed E-state index contributed by atoms with van der Waals surface area (Å²) in [4.78, 5) is 35.0. The van der Waals surface area contributed by atoms with Gasteiger partial charge >= 0.3 is 5.97 Å². The average Bonchev–Trinajstić information content (AvgIpc) is 2.66. The molecule has 0 aromatic heterocycles. The van der Waals surface area contributed by atoms with Crippen LogP contribution in [0.3, 0.4) is 0 Å². The molecule has 7 heteroatoms. The van der Waals surface area contributed by atoms with Crippen LogP contribution < -0.4 is 10.6 Å². The number of carbonyl (C=O) groups excluding carboxylic acids is 3. The Morgan fingerprint density at radius 2 is 1.72 bits per heavy atom. The summed E-state index contributed by atoms with van der Waals surface area (Å²) in [7, 11) is 0. The van der Waals surface area contributed by atoms with Gasteiger partial charge in [0, 0.05) is 38.1 Å². The maximum atomic E-state index is 11.9. The SMILES string of the molecule is CC=C(C)C(=O)OCCCC(=O)NCCC(C)CC(C)(C)CNC(=O)CCCO. The molecule has 0 aromatic rings. The fourth-order valence-electron chi connectivity index (χ4n) is 2.96. The molecule has 3 N–H and O–H groups in total. The van der Waals surface area contributed by atoms with Crippen molar-refractivity contribution in [2.45, 2.75) is 73.1 Å². The molecule has 0 spiro atoms. The molecular formula is C22H40N2O5. The molecule has 0 saturated carbocycles. The number of allylic oxidation sites excluding steroid dienone is 1. The van der Waals surface area contributed by atoms with Gasteiger partial charge in [0.1, 0.15) is 0 Å². The molecule has 1 unspecified atom stereocenters. The molecule has 0 saturated heterocycles. The molecule has 0 fully saturated rings. The number of ether oxygens (including phenoxy) is 1. The summed E-state index contributed by atoms with van der Waals surface area (Å²) < 4.78 is 5.07. The summed E-state index contributed by atoms with van der Waals surface area (Å²) in [5, 5.41) is 14.6. The molecular weight excluding hydrogens is 372 g/mol. The molecule has 7 nitrogen and oxygen atoms in total. The minimum Gasteiger partial charge on any atom is -0.462 e. The van der Waals surface area contributed by atoms with E-state index in [4.69, 9.17) is 9.84 Å². The number of esters is 1. The minimum absolute atomic E-state index is 0.0284. The van der Waals surface area contributed by atoms with Crippen molar-refractivity contribution >= 4 is 17.8 Å². The van der Waals surface area contributed by atoms with E-state index in [2.05, 4.69) is 31.4 Å². The van der Waals surface area contributed by atoms with Crippen LogP contribution in [-0.4, -0.2) is 49.2 Å². The van der Waals surface area contributed by atoms with E-state index in [0.717, 1.165) is 12.8 Å². The molecule has 29 heavy (non-hydrogen) atoms. The Kier molecular flexibility index (Phi) is 14.0. The molecule has 0 bridgehead atoms. The van der Waals surface area contributed by atoms with Gasteiger partial charge in [0.25, 0.3) is 0 Å². The molecule has 2 amide bonds. The first kappa shape index (κ1) is 27.1. The van der Waals surface area contributed by atoms with Crippen molar-refractivity contribution in [3.63, 3.8) is 0 Å². The number of amides is 2. The maximum Gasteiger partial charge on any atom is 0.333 e. The Labute approximate surface area is 175 Å².